The van der Waals surface area contributed by atoms with Gasteiger partial charge in [-0.25, -0.2) is 8.78 Å². The Labute approximate surface area is 200 Å². The summed E-state index contributed by atoms with van der Waals surface area (Å²) in [6, 6.07) is 18.7. The van der Waals surface area contributed by atoms with Crippen molar-refractivity contribution in [2.45, 2.75) is 19.9 Å². The summed E-state index contributed by atoms with van der Waals surface area (Å²) < 4.78 is 28.3. The van der Waals surface area contributed by atoms with E-state index >= 15 is 0 Å². The maximum Gasteiger partial charge on any atom is 0.246 e. The van der Waals surface area contributed by atoms with E-state index in [1.165, 1.54) is 24.3 Å². The summed E-state index contributed by atoms with van der Waals surface area (Å²) in [7, 11) is 0. The molecule has 0 fully saturated rings. The largest absolute Gasteiger partial charge is 0.342 e. The Bertz CT molecular complexity index is 1280. The molecule has 0 aliphatic heterocycles. The number of rotatable bonds is 8. The highest BCUT2D eigenvalue weighted by atomic mass is 19.1. The fourth-order valence-corrected chi connectivity index (χ4v) is 3.13. The molecule has 0 saturated carbocycles. The van der Waals surface area contributed by atoms with Crippen LogP contribution < -0.4 is 21.3 Å². The first kappa shape index (κ1) is 23.6. The van der Waals surface area contributed by atoms with E-state index in [1.54, 1.807) is 37.3 Å². The summed E-state index contributed by atoms with van der Waals surface area (Å²) in [5, 5.41) is 11.4. The van der Waals surface area contributed by atoms with Gasteiger partial charge in [0, 0.05) is 5.69 Å². The summed E-state index contributed by atoms with van der Waals surface area (Å²) in [4.78, 5) is 25.5. The maximum atomic E-state index is 14.2. The predicted molar refractivity (Wildman–Crippen MR) is 132 cm³/mol. The minimum Gasteiger partial charge on any atom is -0.342 e. The van der Waals surface area contributed by atoms with Crippen LogP contribution in [-0.2, 0) is 4.79 Å². The van der Waals surface area contributed by atoms with Gasteiger partial charge in [-0.1, -0.05) is 42.5 Å². The van der Waals surface area contributed by atoms with E-state index in [2.05, 4.69) is 36.2 Å². The van der Waals surface area contributed by atoms with E-state index in [4.69, 9.17) is 0 Å². The van der Waals surface area contributed by atoms with E-state index in [0.717, 1.165) is 5.56 Å². The maximum absolute atomic E-state index is 14.2. The number of hydrogen-bond acceptors (Lipinski definition) is 7. The van der Waals surface area contributed by atoms with Crippen molar-refractivity contribution in [3.05, 3.63) is 90.0 Å². The predicted octanol–water partition coefficient (Wildman–Crippen LogP) is 5.38. The average Bonchev–Trinajstić information content (AvgIpc) is 2.83. The van der Waals surface area contributed by atoms with Gasteiger partial charge in [0.05, 0.1) is 11.4 Å². The number of halogens is 2. The van der Waals surface area contributed by atoms with Crippen molar-refractivity contribution in [2.75, 3.05) is 21.3 Å². The van der Waals surface area contributed by atoms with Crippen LogP contribution in [0.1, 0.15) is 12.5 Å². The SMILES string of the molecule is Cc1ccccc1NC(=O)[C@@H](C)Nc1nc(Nc2ccccc2F)nc(Nc2ccccc2F)n1. The number of aryl methyl sites for hydroxylation is 1. The standard InChI is InChI=1S/C25H23F2N7O/c1-15-9-3-6-12-19(15)29-22(35)16(2)28-23-32-24(30-20-13-7-4-10-17(20)26)34-25(33-23)31-21-14-8-5-11-18(21)27/h3-14,16H,1-2H3,(H,29,35)(H3,28,30,31,32,33,34)/t16-/m1/s1. The van der Waals surface area contributed by atoms with Gasteiger partial charge in [-0.15, -0.1) is 0 Å². The van der Waals surface area contributed by atoms with Crippen molar-refractivity contribution in [3.63, 3.8) is 0 Å². The monoisotopic (exact) mass is 475 g/mol. The molecule has 1 heterocycles. The molecular weight excluding hydrogens is 452 g/mol. The quantitative estimate of drug-likeness (QED) is 0.271. The average molecular weight is 476 g/mol. The van der Waals surface area contributed by atoms with Gasteiger partial charge in [0.15, 0.2) is 0 Å². The van der Waals surface area contributed by atoms with Crippen LogP contribution in [0, 0.1) is 18.6 Å². The smallest absolute Gasteiger partial charge is 0.246 e. The van der Waals surface area contributed by atoms with Crippen LogP contribution in [0.15, 0.2) is 72.8 Å². The fourth-order valence-electron chi connectivity index (χ4n) is 3.13. The molecular formula is C25H23F2N7O. The zero-order chi connectivity index (χ0) is 24.8. The van der Waals surface area contributed by atoms with Crippen molar-refractivity contribution in [2.24, 2.45) is 0 Å². The summed E-state index contributed by atoms with van der Waals surface area (Å²) in [6.45, 7) is 3.53. The third-order valence-corrected chi connectivity index (χ3v) is 5.02. The number of hydrogen-bond donors (Lipinski definition) is 4. The molecule has 178 valence electrons. The van der Waals surface area contributed by atoms with Crippen LogP contribution in [0.2, 0.25) is 0 Å². The molecule has 8 nitrogen and oxygen atoms in total. The second-order valence-corrected chi connectivity index (χ2v) is 7.69. The molecule has 35 heavy (non-hydrogen) atoms. The third kappa shape index (κ3) is 6.05. The minimum absolute atomic E-state index is 0.00190. The molecule has 0 bridgehead atoms. The van der Waals surface area contributed by atoms with Gasteiger partial charge in [-0.3, -0.25) is 4.79 Å². The fraction of sp³-hybridized carbons (Fsp3) is 0.120. The third-order valence-electron chi connectivity index (χ3n) is 5.02. The zero-order valence-electron chi connectivity index (χ0n) is 19.0. The molecule has 1 atom stereocenters. The topological polar surface area (TPSA) is 104 Å². The Hall–Kier alpha value is -4.60. The van der Waals surface area contributed by atoms with Crippen LogP contribution in [0.5, 0.6) is 0 Å². The van der Waals surface area contributed by atoms with E-state index in [0.29, 0.717) is 5.69 Å². The van der Waals surface area contributed by atoms with E-state index in [9.17, 15) is 13.6 Å². The first-order valence-electron chi connectivity index (χ1n) is 10.8. The van der Waals surface area contributed by atoms with Crippen molar-refractivity contribution >= 4 is 40.8 Å². The molecule has 0 unspecified atom stereocenters. The van der Waals surface area contributed by atoms with Gasteiger partial charge in [0.2, 0.25) is 23.8 Å². The summed E-state index contributed by atoms with van der Waals surface area (Å²) in [6.07, 6.45) is 0. The molecule has 0 radical (unpaired) electrons. The van der Waals surface area contributed by atoms with Gasteiger partial charge in [-0.2, -0.15) is 15.0 Å². The Balaban J connectivity index is 1.59. The number of benzene rings is 3. The van der Waals surface area contributed by atoms with Gasteiger partial charge < -0.3 is 21.3 Å². The Morgan fingerprint density at radius 1 is 0.714 bits per heavy atom. The van der Waals surface area contributed by atoms with E-state index < -0.39 is 17.7 Å². The number of carbonyl (C=O) groups is 1. The Morgan fingerprint density at radius 2 is 1.17 bits per heavy atom. The van der Waals surface area contributed by atoms with Gasteiger partial charge in [0.1, 0.15) is 17.7 Å². The van der Waals surface area contributed by atoms with Gasteiger partial charge >= 0.3 is 0 Å². The lowest BCUT2D eigenvalue weighted by atomic mass is 10.2. The summed E-state index contributed by atoms with van der Waals surface area (Å²) in [5.74, 6) is -1.29. The number of anilines is 6. The lowest BCUT2D eigenvalue weighted by Crippen LogP contribution is -2.33. The number of nitrogens with one attached hydrogen (secondary N) is 4. The number of carbonyl (C=O) groups excluding carboxylic acids is 1. The van der Waals surface area contributed by atoms with Gasteiger partial charge in [-0.05, 0) is 49.7 Å². The highest BCUT2D eigenvalue weighted by Crippen LogP contribution is 2.22. The molecule has 0 aliphatic rings. The molecule has 1 aromatic heterocycles. The molecule has 4 N–H and O–H groups in total. The van der Waals surface area contributed by atoms with E-state index in [-0.39, 0.29) is 35.1 Å². The molecule has 1 amide bonds. The number of amides is 1. The first-order chi connectivity index (χ1) is 16.9. The number of para-hydroxylation sites is 3. The number of nitrogens with zero attached hydrogens (tertiary/aromatic N) is 3. The lowest BCUT2D eigenvalue weighted by molar-refractivity contribution is -0.116. The van der Waals surface area contributed by atoms with Crippen LogP contribution in [0.4, 0.5) is 43.7 Å². The van der Waals surface area contributed by atoms with Crippen LogP contribution in [0.3, 0.4) is 0 Å². The van der Waals surface area contributed by atoms with Crippen molar-refractivity contribution in [3.8, 4) is 0 Å². The zero-order valence-corrected chi connectivity index (χ0v) is 19.0. The lowest BCUT2D eigenvalue weighted by Gasteiger charge is -2.16. The van der Waals surface area contributed by atoms with E-state index in [1.807, 2.05) is 25.1 Å². The Morgan fingerprint density at radius 3 is 1.69 bits per heavy atom. The van der Waals surface area contributed by atoms with Crippen LogP contribution in [0.25, 0.3) is 0 Å². The van der Waals surface area contributed by atoms with Crippen molar-refractivity contribution in [1.82, 2.24) is 15.0 Å². The second-order valence-electron chi connectivity index (χ2n) is 7.69. The van der Waals surface area contributed by atoms with Crippen molar-refractivity contribution in [1.29, 1.82) is 0 Å². The molecule has 4 aromatic rings. The van der Waals surface area contributed by atoms with Crippen LogP contribution >= 0.6 is 0 Å². The Kier molecular flexibility index (Phi) is 7.10. The second kappa shape index (κ2) is 10.6. The normalized spacial score (nSPS) is 11.4. The molecule has 10 heteroatoms. The molecule has 4 rings (SSSR count). The van der Waals surface area contributed by atoms with Gasteiger partial charge in [0.25, 0.3) is 0 Å². The molecule has 0 spiro atoms. The van der Waals surface area contributed by atoms with Crippen LogP contribution in [-0.4, -0.2) is 26.9 Å². The summed E-state index contributed by atoms with van der Waals surface area (Å²) >= 11 is 0. The molecule has 3 aromatic carbocycles. The highest BCUT2D eigenvalue weighted by molar-refractivity contribution is 5.96. The minimum atomic E-state index is -0.736. The van der Waals surface area contributed by atoms with Crippen molar-refractivity contribution < 1.29 is 13.6 Å². The molecule has 0 saturated heterocycles. The first-order valence-corrected chi connectivity index (χ1v) is 10.8. The number of aromatic nitrogens is 3. The summed E-state index contributed by atoms with van der Waals surface area (Å²) in [5.41, 5.74) is 1.89. The highest BCUT2D eigenvalue weighted by Gasteiger charge is 2.17. The molecule has 0 aliphatic carbocycles.